The smallest absolute Gasteiger partial charge is 0.431 e. The summed E-state index contributed by atoms with van der Waals surface area (Å²) in [5, 5.41) is 0. The van der Waals surface area contributed by atoms with Crippen molar-refractivity contribution in [1.29, 1.82) is 0 Å². The van der Waals surface area contributed by atoms with Crippen molar-refractivity contribution in [3.63, 3.8) is 0 Å². The van der Waals surface area contributed by atoms with E-state index >= 15 is 0 Å². The van der Waals surface area contributed by atoms with Gasteiger partial charge in [-0.3, -0.25) is 24.1 Å². The molecule has 1 heterocycles. The number of rotatable bonds is 8. The minimum absolute atomic E-state index is 0.196. The molecule has 3 amide bonds. The number of hydrogen-bond donors (Lipinski definition) is 1. The summed E-state index contributed by atoms with van der Waals surface area (Å²) >= 11 is 0. The van der Waals surface area contributed by atoms with Crippen LogP contribution in [0, 0.1) is 0 Å². The maximum atomic E-state index is 11.6. The van der Waals surface area contributed by atoms with E-state index in [9.17, 15) is 19.2 Å². The van der Waals surface area contributed by atoms with Crippen LogP contribution in [0.25, 0.3) is 0 Å². The monoisotopic (exact) mass is 326 g/mol. The number of ketones is 1. The molecule has 128 valence electrons. The first-order valence-corrected chi connectivity index (χ1v) is 7.35. The van der Waals surface area contributed by atoms with E-state index in [1.165, 1.54) is 12.2 Å². The third-order valence-electron chi connectivity index (χ3n) is 2.78. The molecule has 0 saturated carbocycles. The Morgan fingerprint density at radius 1 is 1.13 bits per heavy atom. The zero-order chi connectivity index (χ0) is 17.5. The number of unbranched alkanes of at least 4 members (excludes halogenated alkanes) is 1. The zero-order valence-electron chi connectivity index (χ0n) is 13.6. The molecule has 0 saturated heterocycles. The largest absolute Gasteiger partial charge is 0.442 e. The van der Waals surface area contributed by atoms with E-state index in [1.807, 2.05) is 5.48 Å². The molecule has 1 aliphatic heterocycles. The first-order chi connectivity index (χ1) is 10.7. The van der Waals surface area contributed by atoms with Gasteiger partial charge in [0, 0.05) is 25.1 Å². The van der Waals surface area contributed by atoms with Crippen molar-refractivity contribution in [3.05, 3.63) is 12.2 Å². The lowest BCUT2D eigenvalue weighted by Crippen LogP contribution is -2.33. The van der Waals surface area contributed by atoms with Crippen LogP contribution in [0.4, 0.5) is 4.79 Å². The van der Waals surface area contributed by atoms with E-state index in [4.69, 9.17) is 9.57 Å². The highest BCUT2D eigenvalue weighted by Crippen LogP contribution is 2.07. The molecule has 0 bridgehead atoms. The van der Waals surface area contributed by atoms with Crippen molar-refractivity contribution in [2.75, 3.05) is 13.2 Å². The Hall–Kier alpha value is -2.22. The van der Waals surface area contributed by atoms with Crippen LogP contribution in [0.15, 0.2) is 12.2 Å². The second-order valence-electron chi connectivity index (χ2n) is 6.05. The van der Waals surface area contributed by atoms with Gasteiger partial charge in [0.25, 0.3) is 11.8 Å². The van der Waals surface area contributed by atoms with Crippen LogP contribution in [0.2, 0.25) is 0 Å². The number of Topliss-reactive ketones (excluding diaryl/α,β-unsaturated/α-hetero) is 1. The van der Waals surface area contributed by atoms with Crippen LogP contribution >= 0.6 is 0 Å². The maximum Gasteiger partial charge on any atom is 0.431 e. The van der Waals surface area contributed by atoms with E-state index in [1.54, 1.807) is 20.8 Å². The first-order valence-electron chi connectivity index (χ1n) is 7.35. The van der Waals surface area contributed by atoms with Gasteiger partial charge in [0.15, 0.2) is 5.78 Å². The van der Waals surface area contributed by atoms with E-state index in [-0.39, 0.29) is 37.2 Å². The van der Waals surface area contributed by atoms with E-state index in [0.717, 1.165) is 4.90 Å². The molecule has 0 aromatic heterocycles. The molecule has 8 nitrogen and oxygen atoms in total. The average Bonchev–Trinajstić information content (AvgIpc) is 2.72. The summed E-state index contributed by atoms with van der Waals surface area (Å²) in [6.45, 7) is 5.16. The summed E-state index contributed by atoms with van der Waals surface area (Å²) < 4.78 is 4.93. The second kappa shape index (κ2) is 8.42. The highest BCUT2D eigenvalue weighted by Gasteiger charge is 2.22. The fourth-order valence-corrected chi connectivity index (χ4v) is 1.79. The zero-order valence-corrected chi connectivity index (χ0v) is 13.6. The number of ether oxygens (including phenoxy) is 1. The van der Waals surface area contributed by atoms with Crippen molar-refractivity contribution in [1.82, 2.24) is 10.4 Å². The molecule has 1 N–H and O–H groups in total. The Labute approximate surface area is 134 Å². The van der Waals surface area contributed by atoms with E-state index in [2.05, 4.69) is 0 Å². The number of carbonyl (C=O) groups excluding carboxylic acids is 4. The van der Waals surface area contributed by atoms with Gasteiger partial charge in [-0.25, -0.2) is 4.79 Å². The topological polar surface area (TPSA) is 102 Å². The molecule has 0 aliphatic carbocycles. The molecule has 1 rings (SSSR count). The normalized spacial score (nSPS) is 14.3. The summed E-state index contributed by atoms with van der Waals surface area (Å²) in [4.78, 5) is 51.3. The highest BCUT2D eigenvalue weighted by molar-refractivity contribution is 6.12. The van der Waals surface area contributed by atoms with Gasteiger partial charge >= 0.3 is 6.09 Å². The number of imide groups is 1. The van der Waals surface area contributed by atoms with Crippen molar-refractivity contribution >= 4 is 23.7 Å². The highest BCUT2D eigenvalue weighted by atomic mass is 16.7. The Balaban J connectivity index is 2.08. The van der Waals surface area contributed by atoms with Crippen LogP contribution < -0.4 is 5.48 Å². The molecular formula is C15H22N2O6. The lowest BCUT2D eigenvalue weighted by molar-refractivity contribution is -0.136. The van der Waals surface area contributed by atoms with Gasteiger partial charge in [-0.15, -0.1) is 0 Å². The number of nitrogens with one attached hydrogen (secondary N) is 1. The minimum Gasteiger partial charge on any atom is -0.442 e. The number of hydrogen-bond acceptors (Lipinski definition) is 6. The average molecular weight is 326 g/mol. The van der Waals surface area contributed by atoms with E-state index < -0.39 is 11.7 Å². The summed E-state index contributed by atoms with van der Waals surface area (Å²) in [5.41, 5.74) is 1.39. The lowest BCUT2D eigenvalue weighted by atomic mass is 10.2. The van der Waals surface area contributed by atoms with Gasteiger partial charge in [-0.05, 0) is 33.6 Å². The molecule has 0 atom stereocenters. The van der Waals surface area contributed by atoms with Crippen molar-refractivity contribution in [2.24, 2.45) is 0 Å². The molecule has 0 aromatic carbocycles. The van der Waals surface area contributed by atoms with E-state index in [0.29, 0.717) is 12.8 Å². The van der Waals surface area contributed by atoms with Gasteiger partial charge in [-0.1, -0.05) is 0 Å². The quantitative estimate of drug-likeness (QED) is 0.407. The van der Waals surface area contributed by atoms with Crippen LogP contribution in [0.5, 0.6) is 0 Å². The molecule has 0 spiro atoms. The molecule has 0 radical (unpaired) electrons. The van der Waals surface area contributed by atoms with Crippen LogP contribution in [0.1, 0.15) is 40.0 Å². The fourth-order valence-electron chi connectivity index (χ4n) is 1.79. The number of nitrogens with zero attached hydrogens (tertiary/aromatic N) is 1. The van der Waals surface area contributed by atoms with Crippen LogP contribution in [0.3, 0.4) is 0 Å². The Morgan fingerprint density at radius 2 is 1.74 bits per heavy atom. The van der Waals surface area contributed by atoms with Crippen LogP contribution in [-0.2, 0) is 24.0 Å². The van der Waals surface area contributed by atoms with Crippen molar-refractivity contribution in [3.8, 4) is 0 Å². The summed E-state index contributed by atoms with van der Waals surface area (Å²) in [6, 6.07) is 0. The predicted octanol–water partition coefficient (Wildman–Crippen LogP) is 1.11. The molecule has 0 aromatic rings. The fraction of sp³-hybridized carbons (Fsp3) is 0.600. The van der Waals surface area contributed by atoms with Gasteiger partial charge in [-0.2, -0.15) is 5.48 Å². The third kappa shape index (κ3) is 7.55. The SMILES string of the molecule is CC(C)(C)OC(=O)NOCC(=O)CCCCN1C(=O)C=CC1=O. The Morgan fingerprint density at radius 3 is 2.30 bits per heavy atom. The molecular weight excluding hydrogens is 304 g/mol. The summed E-state index contributed by atoms with van der Waals surface area (Å²) in [6.07, 6.45) is 2.98. The standard InChI is InChI=1S/C15H22N2O6/c1-15(2,3)23-14(21)16-22-10-11(18)6-4-5-9-17-12(19)7-8-13(17)20/h7-8H,4-6,9-10H2,1-3H3,(H,16,21). The second-order valence-corrected chi connectivity index (χ2v) is 6.05. The van der Waals surface area contributed by atoms with Crippen molar-refractivity contribution < 1.29 is 28.8 Å². The van der Waals surface area contributed by atoms with Crippen molar-refractivity contribution in [2.45, 2.75) is 45.6 Å². The number of carbonyl (C=O) groups is 4. The van der Waals surface area contributed by atoms with Gasteiger partial charge in [0.05, 0.1) is 0 Å². The maximum absolute atomic E-state index is 11.6. The van der Waals surface area contributed by atoms with Gasteiger partial charge in [0.2, 0.25) is 0 Å². The Bertz CT molecular complexity index is 489. The predicted molar refractivity (Wildman–Crippen MR) is 80.0 cm³/mol. The number of amides is 3. The molecule has 0 fully saturated rings. The van der Waals surface area contributed by atoms with Gasteiger partial charge in [0.1, 0.15) is 12.2 Å². The lowest BCUT2D eigenvalue weighted by Gasteiger charge is -2.19. The third-order valence-corrected chi connectivity index (χ3v) is 2.78. The van der Waals surface area contributed by atoms with Crippen LogP contribution in [-0.4, -0.2) is 47.3 Å². The Kier molecular flexibility index (Phi) is 6.89. The molecule has 23 heavy (non-hydrogen) atoms. The number of hydroxylamine groups is 1. The summed E-state index contributed by atoms with van der Waals surface area (Å²) in [5.74, 6) is -0.851. The molecule has 8 heteroatoms. The molecule has 1 aliphatic rings. The van der Waals surface area contributed by atoms with Gasteiger partial charge < -0.3 is 4.74 Å². The summed E-state index contributed by atoms with van der Waals surface area (Å²) in [7, 11) is 0. The molecule has 0 unspecified atom stereocenters. The first kappa shape index (κ1) is 18.8. The minimum atomic E-state index is -0.760.